The standard InChI is InChI=1S/C14H22N2O/c1-4-7-14(17)16(15)13-9-11(5-2)8-12(6-3)10-13/h8-10H,4-7,15H2,1-3H3. The summed E-state index contributed by atoms with van der Waals surface area (Å²) in [6.45, 7) is 6.19. The van der Waals surface area contributed by atoms with Crippen LogP contribution in [0.2, 0.25) is 0 Å². The number of hydrazine groups is 1. The van der Waals surface area contributed by atoms with Crippen LogP contribution >= 0.6 is 0 Å². The normalized spacial score (nSPS) is 10.4. The summed E-state index contributed by atoms with van der Waals surface area (Å²) in [5.41, 5.74) is 3.25. The Balaban J connectivity index is 2.99. The maximum Gasteiger partial charge on any atom is 0.241 e. The first kappa shape index (κ1) is 13.7. The summed E-state index contributed by atoms with van der Waals surface area (Å²) in [6.07, 6.45) is 3.22. The zero-order valence-corrected chi connectivity index (χ0v) is 11.0. The highest BCUT2D eigenvalue weighted by Crippen LogP contribution is 2.19. The van der Waals surface area contributed by atoms with E-state index < -0.39 is 0 Å². The van der Waals surface area contributed by atoms with Crippen LogP contribution < -0.4 is 10.9 Å². The molecule has 0 aromatic heterocycles. The van der Waals surface area contributed by atoms with E-state index in [1.807, 2.05) is 19.1 Å². The molecule has 94 valence electrons. The van der Waals surface area contributed by atoms with Gasteiger partial charge in [-0.3, -0.25) is 4.79 Å². The molecule has 1 aromatic rings. The molecule has 1 amide bonds. The molecular formula is C14H22N2O. The minimum atomic E-state index is -0.0252. The number of anilines is 1. The van der Waals surface area contributed by atoms with Gasteiger partial charge in [0.05, 0.1) is 5.69 Å². The number of carbonyl (C=O) groups excluding carboxylic acids is 1. The molecule has 0 radical (unpaired) electrons. The molecule has 0 saturated heterocycles. The first-order valence-electron chi connectivity index (χ1n) is 6.32. The van der Waals surface area contributed by atoms with Crippen molar-refractivity contribution < 1.29 is 4.79 Å². The summed E-state index contributed by atoms with van der Waals surface area (Å²) >= 11 is 0. The molecule has 0 aliphatic rings. The van der Waals surface area contributed by atoms with E-state index in [-0.39, 0.29) is 5.91 Å². The summed E-state index contributed by atoms with van der Waals surface area (Å²) in [6, 6.07) is 6.15. The average molecular weight is 234 g/mol. The maximum absolute atomic E-state index is 11.7. The van der Waals surface area contributed by atoms with Crippen LogP contribution in [0, 0.1) is 0 Å². The fourth-order valence-corrected chi connectivity index (χ4v) is 1.77. The maximum atomic E-state index is 11.7. The number of benzene rings is 1. The van der Waals surface area contributed by atoms with Crippen molar-refractivity contribution in [2.45, 2.75) is 46.5 Å². The predicted molar refractivity (Wildman–Crippen MR) is 71.8 cm³/mol. The van der Waals surface area contributed by atoms with Gasteiger partial charge in [0, 0.05) is 6.42 Å². The van der Waals surface area contributed by atoms with Crippen LogP contribution in [0.3, 0.4) is 0 Å². The molecular weight excluding hydrogens is 212 g/mol. The van der Waals surface area contributed by atoms with Crippen molar-refractivity contribution in [2.75, 3.05) is 5.01 Å². The topological polar surface area (TPSA) is 46.3 Å². The zero-order chi connectivity index (χ0) is 12.8. The van der Waals surface area contributed by atoms with Crippen LogP contribution in [-0.2, 0) is 17.6 Å². The van der Waals surface area contributed by atoms with Crippen LogP contribution in [0.25, 0.3) is 0 Å². The molecule has 17 heavy (non-hydrogen) atoms. The lowest BCUT2D eigenvalue weighted by molar-refractivity contribution is -0.118. The van der Waals surface area contributed by atoms with Crippen LogP contribution in [0.4, 0.5) is 5.69 Å². The summed E-state index contributed by atoms with van der Waals surface area (Å²) in [7, 11) is 0. The van der Waals surface area contributed by atoms with Gasteiger partial charge in [-0.1, -0.05) is 26.8 Å². The number of rotatable bonds is 5. The summed E-state index contributed by atoms with van der Waals surface area (Å²) in [5, 5.41) is 1.28. The van der Waals surface area contributed by atoms with Gasteiger partial charge in [-0.2, -0.15) is 0 Å². The van der Waals surface area contributed by atoms with Crippen molar-refractivity contribution in [1.82, 2.24) is 0 Å². The van der Waals surface area contributed by atoms with E-state index in [1.165, 1.54) is 16.1 Å². The number of carbonyl (C=O) groups is 1. The molecule has 0 heterocycles. The monoisotopic (exact) mass is 234 g/mol. The first-order valence-corrected chi connectivity index (χ1v) is 6.32. The van der Waals surface area contributed by atoms with Crippen molar-refractivity contribution in [2.24, 2.45) is 5.84 Å². The van der Waals surface area contributed by atoms with E-state index in [2.05, 4.69) is 19.9 Å². The highest BCUT2D eigenvalue weighted by molar-refractivity contribution is 5.92. The second-order valence-electron chi connectivity index (χ2n) is 4.23. The van der Waals surface area contributed by atoms with E-state index in [9.17, 15) is 4.79 Å². The Hall–Kier alpha value is -1.35. The number of nitrogens with two attached hydrogens (primary N) is 1. The van der Waals surface area contributed by atoms with Gasteiger partial charge < -0.3 is 0 Å². The van der Waals surface area contributed by atoms with Crippen molar-refractivity contribution in [3.63, 3.8) is 0 Å². The Morgan fingerprint density at radius 2 is 1.65 bits per heavy atom. The number of aryl methyl sites for hydroxylation is 2. The third-order valence-electron chi connectivity index (χ3n) is 2.86. The third kappa shape index (κ3) is 3.56. The molecule has 2 N–H and O–H groups in total. The van der Waals surface area contributed by atoms with E-state index in [0.29, 0.717) is 6.42 Å². The van der Waals surface area contributed by atoms with Crippen LogP contribution in [0.15, 0.2) is 18.2 Å². The summed E-state index contributed by atoms with van der Waals surface area (Å²) in [4.78, 5) is 11.7. The molecule has 0 aliphatic carbocycles. The van der Waals surface area contributed by atoms with Gasteiger partial charge in [0.15, 0.2) is 0 Å². The van der Waals surface area contributed by atoms with Gasteiger partial charge in [-0.25, -0.2) is 10.9 Å². The molecule has 1 rings (SSSR count). The molecule has 0 aliphatic heterocycles. The van der Waals surface area contributed by atoms with E-state index in [0.717, 1.165) is 24.9 Å². The molecule has 3 nitrogen and oxygen atoms in total. The average Bonchev–Trinajstić information content (AvgIpc) is 2.37. The molecule has 0 atom stereocenters. The second kappa shape index (κ2) is 6.40. The minimum absolute atomic E-state index is 0.0252. The Bertz CT molecular complexity index is 366. The molecule has 0 fully saturated rings. The van der Waals surface area contributed by atoms with Crippen molar-refractivity contribution in [3.05, 3.63) is 29.3 Å². The van der Waals surface area contributed by atoms with Crippen molar-refractivity contribution in [1.29, 1.82) is 0 Å². The van der Waals surface area contributed by atoms with Crippen LogP contribution in [0.1, 0.15) is 44.7 Å². The number of hydrogen-bond acceptors (Lipinski definition) is 2. The molecule has 3 heteroatoms. The summed E-state index contributed by atoms with van der Waals surface area (Å²) < 4.78 is 0. The Morgan fingerprint density at radius 1 is 1.12 bits per heavy atom. The van der Waals surface area contributed by atoms with Crippen molar-refractivity contribution >= 4 is 11.6 Å². The van der Waals surface area contributed by atoms with E-state index >= 15 is 0 Å². The fourth-order valence-electron chi connectivity index (χ4n) is 1.77. The molecule has 0 saturated carbocycles. The van der Waals surface area contributed by atoms with Gasteiger partial charge in [-0.15, -0.1) is 0 Å². The number of hydrogen-bond donors (Lipinski definition) is 1. The first-order chi connectivity index (χ1) is 8.12. The molecule has 1 aromatic carbocycles. The van der Waals surface area contributed by atoms with Gasteiger partial charge in [0.2, 0.25) is 5.91 Å². The Kier molecular flexibility index (Phi) is 5.16. The van der Waals surface area contributed by atoms with Gasteiger partial charge >= 0.3 is 0 Å². The predicted octanol–water partition coefficient (Wildman–Crippen LogP) is 2.82. The number of nitrogens with zero attached hydrogens (tertiary/aromatic N) is 1. The smallest absolute Gasteiger partial charge is 0.241 e. The lowest BCUT2D eigenvalue weighted by atomic mass is 10.1. The zero-order valence-electron chi connectivity index (χ0n) is 11.0. The van der Waals surface area contributed by atoms with Crippen LogP contribution in [-0.4, -0.2) is 5.91 Å². The summed E-state index contributed by atoms with van der Waals surface area (Å²) in [5.74, 6) is 5.83. The van der Waals surface area contributed by atoms with Gasteiger partial charge in [0.25, 0.3) is 0 Å². The van der Waals surface area contributed by atoms with Gasteiger partial charge in [-0.05, 0) is 42.5 Å². The van der Waals surface area contributed by atoms with Crippen LogP contribution in [0.5, 0.6) is 0 Å². The van der Waals surface area contributed by atoms with Crippen molar-refractivity contribution in [3.8, 4) is 0 Å². The quantitative estimate of drug-likeness (QED) is 0.484. The van der Waals surface area contributed by atoms with E-state index in [1.54, 1.807) is 0 Å². The molecule has 0 spiro atoms. The Morgan fingerprint density at radius 3 is 2.06 bits per heavy atom. The van der Waals surface area contributed by atoms with E-state index in [4.69, 9.17) is 5.84 Å². The highest BCUT2D eigenvalue weighted by atomic mass is 16.2. The fraction of sp³-hybridized carbons (Fsp3) is 0.500. The largest absolute Gasteiger partial charge is 0.273 e. The number of amides is 1. The molecule has 0 unspecified atom stereocenters. The lowest BCUT2D eigenvalue weighted by Gasteiger charge is -2.18. The highest BCUT2D eigenvalue weighted by Gasteiger charge is 2.11. The molecule has 0 bridgehead atoms. The Labute approximate surface area is 104 Å². The third-order valence-corrected chi connectivity index (χ3v) is 2.86. The second-order valence-corrected chi connectivity index (χ2v) is 4.23. The minimum Gasteiger partial charge on any atom is -0.273 e. The van der Waals surface area contributed by atoms with Gasteiger partial charge in [0.1, 0.15) is 0 Å². The SMILES string of the molecule is CCCC(=O)N(N)c1cc(CC)cc(CC)c1. The lowest BCUT2D eigenvalue weighted by Crippen LogP contribution is -2.37.